The molecule has 0 heterocycles. The second kappa shape index (κ2) is 7.39. The van der Waals surface area contributed by atoms with Gasteiger partial charge in [-0.25, -0.2) is 0 Å². The van der Waals surface area contributed by atoms with Crippen LogP contribution in [0.15, 0.2) is 48.5 Å². The van der Waals surface area contributed by atoms with E-state index in [0.29, 0.717) is 24.8 Å². The van der Waals surface area contributed by atoms with Gasteiger partial charge in [-0.05, 0) is 29.5 Å². The fourth-order valence-electron chi connectivity index (χ4n) is 2.29. The molecule has 3 nitrogen and oxygen atoms in total. The van der Waals surface area contributed by atoms with Crippen LogP contribution in [0.1, 0.15) is 28.7 Å². The van der Waals surface area contributed by atoms with Gasteiger partial charge in [-0.1, -0.05) is 48.5 Å². The van der Waals surface area contributed by atoms with E-state index in [0.717, 1.165) is 16.7 Å². The summed E-state index contributed by atoms with van der Waals surface area (Å²) >= 11 is 0. The van der Waals surface area contributed by atoms with Gasteiger partial charge in [0.25, 0.3) is 0 Å². The zero-order valence-electron chi connectivity index (χ0n) is 12.0. The van der Waals surface area contributed by atoms with Gasteiger partial charge in [0.1, 0.15) is 0 Å². The Balaban J connectivity index is 2.20. The highest BCUT2D eigenvalue weighted by atomic mass is 16.5. The first-order valence-corrected chi connectivity index (χ1v) is 6.84. The first kappa shape index (κ1) is 15.0. The van der Waals surface area contributed by atoms with Crippen LogP contribution in [0.25, 0.3) is 0 Å². The summed E-state index contributed by atoms with van der Waals surface area (Å²) in [7, 11) is 1.39. The number of benzene rings is 2. The summed E-state index contributed by atoms with van der Waals surface area (Å²) in [5, 5.41) is 0. The van der Waals surface area contributed by atoms with Gasteiger partial charge in [-0.3, -0.25) is 9.59 Å². The number of carbonyl (C=O) groups is 1. The molecule has 0 saturated heterocycles. The highest BCUT2D eigenvalue weighted by molar-refractivity contribution is 5.77. The summed E-state index contributed by atoms with van der Waals surface area (Å²) in [5.74, 6) is -0.216. The zero-order chi connectivity index (χ0) is 15.1. The summed E-state index contributed by atoms with van der Waals surface area (Å²) in [6, 6.07) is 15.4. The lowest BCUT2D eigenvalue weighted by molar-refractivity contribution is -0.140. The molecule has 0 atom stereocenters. The van der Waals surface area contributed by atoms with Crippen LogP contribution < -0.4 is 0 Å². The molecule has 3 heteroatoms. The molecule has 2 rings (SSSR count). The van der Waals surface area contributed by atoms with E-state index in [1.165, 1.54) is 7.11 Å². The number of methoxy groups -OCH3 is 1. The van der Waals surface area contributed by atoms with Crippen LogP contribution in [0.3, 0.4) is 0 Å². The van der Waals surface area contributed by atoms with Crippen LogP contribution in [0.4, 0.5) is 0 Å². The van der Waals surface area contributed by atoms with Crippen LogP contribution in [-0.2, 0) is 27.2 Å². The molecule has 0 bridgehead atoms. The maximum atomic E-state index is 11.3. The maximum Gasteiger partial charge on any atom is 0.305 e. The lowest BCUT2D eigenvalue weighted by Crippen LogP contribution is -2.04. The number of hydrogen-bond acceptors (Lipinski definition) is 3. The zero-order valence-corrected chi connectivity index (χ0v) is 12.0. The van der Waals surface area contributed by atoms with Gasteiger partial charge in [0.05, 0.1) is 7.11 Å². The van der Waals surface area contributed by atoms with E-state index in [9.17, 15) is 9.59 Å². The van der Waals surface area contributed by atoms with Gasteiger partial charge in [-0.2, -0.15) is 0 Å². The third-order valence-corrected chi connectivity index (χ3v) is 3.45. The van der Waals surface area contributed by atoms with Crippen LogP contribution in [-0.4, -0.2) is 19.4 Å². The average Bonchev–Trinajstić information content (AvgIpc) is 2.54. The van der Waals surface area contributed by atoms with Gasteiger partial charge in [0, 0.05) is 12.0 Å². The van der Waals surface area contributed by atoms with Gasteiger partial charge >= 0.3 is 5.97 Å². The lowest BCUT2D eigenvalue weighted by atomic mass is 9.95. The Kier molecular flexibility index (Phi) is 5.27. The quantitative estimate of drug-likeness (QED) is 0.765. The number of esters is 1. The Labute approximate surface area is 124 Å². The second-order valence-corrected chi connectivity index (χ2v) is 4.78. The van der Waals surface area contributed by atoms with Crippen LogP contribution in [0.5, 0.6) is 0 Å². The molecule has 2 aromatic rings. The number of carbonyl (C=O) groups excluding carboxylic acids is 2. The monoisotopic (exact) mass is 281 g/mol. The van der Waals surface area contributed by atoms with Gasteiger partial charge < -0.3 is 4.74 Å². The van der Waals surface area contributed by atoms with Crippen molar-refractivity contribution < 1.29 is 14.3 Å². The fourth-order valence-corrected chi connectivity index (χ4v) is 2.29. The van der Waals surface area contributed by atoms with Crippen molar-refractivity contribution in [3.63, 3.8) is 0 Å². The highest BCUT2D eigenvalue weighted by Gasteiger charge is 2.08. The van der Waals surface area contributed by atoms with E-state index in [1.54, 1.807) is 6.07 Å². The SMILES string of the molecule is COC(=O)CCc1ccccc1Cc1ccccc1[C]=O. The first-order valence-electron chi connectivity index (χ1n) is 6.84. The topological polar surface area (TPSA) is 43.4 Å². The van der Waals surface area contributed by atoms with E-state index in [-0.39, 0.29) is 5.97 Å². The van der Waals surface area contributed by atoms with Crippen molar-refractivity contribution in [3.8, 4) is 0 Å². The van der Waals surface area contributed by atoms with Crippen molar-refractivity contribution in [2.24, 2.45) is 0 Å². The second-order valence-electron chi connectivity index (χ2n) is 4.78. The molecular weight excluding hydrogens is 264 g/mol. The molecule has 107 valence electrons. The molecule has 0 aliphatic carbocycles. The normalized spacial score (nSPS) is 10.1. The van der Waals surface area contributed by atoms with Crippen LogP contribution >= 0.6 is 0 Å². The number of ether oxygens (including phenoxy) is 1. The molecule has 0 N–H and O–H groups in total. The summed E-state index contributed by atoms with van der Waals surface area (Å²) in [6.07, 6.45) is 3.62. The minimum absolute atomic E-state index is 0.216. The Morgan fingerprint density at radius 2 is 1.62 bits per heavy atom. The lowest BCUT2D eigenvalue weighted by Gasteiger charge is -2.10. The largest absolute Gasteiger partial charge is 0.469 e. The molecule has 2 aromatic carbocycles. The smallest absolute Gasteiger partial charge is 0.305 e. The molecule has 0 amide bonds. The summed E-state index contributed by atoms with van der Waals surface area (Å²) < 4.78 is 4.68. The van der Waals surface area contributed by atoms with Crippen molar-refractivity contribution in [1.82, 2.24) is 0 Å². The van der Waals surface area contributed by atoms with Crippen LogP contribution in [0.2, 0.25) is 0 Å². The number of aryl methyl sites for hydroxylation is 1. The Hall–Kier alpha value is -2.42. The molecule has 0 aromatic heterocycles. The number of rotatable bonds is 6. The van der Waals surface area contributed by atoms with Crippen molar-refractivity contribution in [2.45, 2.75) is 19.3 Å². The van der Waals surface area contributed by atoms with Gasteiger partial charge in [0.15, 0.2) is 0 Å². The highest BCUT2D eigenvalue weighted by Crippen LogP contribution is 2.18. The molecule has 0 aliphatic heterocycles. The summed E-state index contributed by atoms with van der Waals surface area (Å²) in [6.45, 7) is 0. The molecular formula is C18H17O3. The molecule has 0 aliphatic rings. The third kappa shape index (κ3) is 4.02. The van der Waals surface area contributed by atoms with Crippen molar-refractivity contribution in [2.75, 3.05) is 7.11 Å². The van der Waals surface area contributed by atoms with Crippen molar-refractivity contribution >= 4 is 12.3 Å². The molecule has 0 saturated carbocycles. The third-order valence-electron chi connectivity index (χ3n) is 3.45. The Morgan fingerprint density at radius 1 is 1.00 bits per heavy atom. The molecule has 1 radical (unpaired) electrons. The molecule has 0 unspecified atom stereocenters. The minimum atomic E-state index is -0.216. The molecule has 0 spiro atoms. The van der Waals surface area contributed by atoms with Crippen molar-refractivity contribution in [1.29, 1.82) is 0 Å². The minimum Gasteiger partial charge on any atom is -0.469 e. The van der Waals surface area contributed by atoms with Gasteiger partial charge in [0.2, 0.25) is 6.29 Å². The maximum absolute atomic E-state index is 11.3. The number of hydrogen-bond donors (Lipinski definition) is 0. The predicted molar refractivity (Wildman–Crippen MR) is 80.8 cm³/mol. The predicted octanol–water partition coefficient (Wildman–Crippen LogP) is 2.84. The van der Waals surface area contributed by atoms with E-state index >= 15 is 0 Å². The van der Waals surface area contributed by atoms with E-state index in [2.05, 4.69) is 4.74 Å². The Bertz CT molecular complexity index is 632. The van der Waals surface area contributed by atoms with E-state index < -0.39 is 0 Å². The summed E-state index contributed by atoms with van der Waals surface area (Å²) in [5.41, 5.74) is 3.74. The van der Waals surface area contributed by atoms with Gasteiger partial charge in [-0.15, -0.1) is 0 Å². The first-order chi connectivity index (χ1) is 10.2. The Morgan fingerprint density at radius 3 is 2.29 bits per heavy atom. The van der Waals surface area contributed by atoms with E-state index in [1.807, 2.05) is 48.8 Å². The summed E-state index contributed by atoms with van der Waals surface area (Å²) in [4.78, 5) is 22.3. The molecule has 21 heavy (non-hydrogen) atoms. The fraction of sp³-hybridized carbons (Fsp3) is 0.222. The van der Waals surface area contributed by atoms with Crippen molar-refractivity contribution in [3.05, 3.63) is 70.8 Å². The average molecular weight is 281 g/mol. The molecule has 0 fully saturated rings. The van der Waals surface area contributed by atoms with E-state index in [4.69, 9.17) is 0 Å². The standard InChI is InChI=1S/C18H17O3/c1-21-18(20)11-10-14-6-2-3-7-15(14)12-16-8-4-5-9-17(16)13-19/h2-9H,10-12H2,1H3. The van der Waals surface area contributed by atoms with Crippen LogP contribution in [0, 0.1) is 0 Å².